The minimum atomic E-state index is -1.43. The lowest BCUT2D eigenvalue weighted by Crippen LogP contribution is -2.19. The van der Waals surface area contributed by atoms with Crippen LogP contribution in [0.2, 0.25) is 0 Å². The second kappa shape index (κ2) is 4.76. The number of rotatable bonds is 2. The van der Waals surface area contributed by atoms with Crippen LogP contribution in [0.3, 0.4) is 0 Å². The molecule has 7 nitrogen and oxygen atoms in total. The summed E-state index contributed by atoms with van der Waals surface area (Å²) in [5, 5.41) is 23.5. The number of aromatic amines is 1. The Bertz CT molecular complexity index is 788. The van der Waals surface area contributed by atoms with E-state index in [-0.39, 0.29) is 0 Å². The van der Waals surface area contributed by atoms with Gasteiger partial charge in [0.25, 0.3) is 5.56 Å². The van der Waals surface area contributed by atoms with Crippen molar-refractivity contribution in [3.8, 4) is 17.0 Å². The van der Waals surface area contributed by atoms with Crippen LogP contribution < -0.4 is 5.56 Å². The number of nitrogens with one attached hydrogen (secondary N) is 1. The number of hydrogen-bond acceptors (Lipinski definition) is 4. The Labute approximate surface area is 119 Å². The lowest BCUT2D eigenvalue weighted by Gasteiger charge is -2.10. The number of aromatic hydroxyl groups is 1. The first kappa shape index (κ1) is 13.4. The SMILES string of the molecule is CCn1ncc2c1CCCc1c-2[nH]c(=O)c(C(=O)O)c1O. The van der Waals surface area contributed by atoms with Gasteiger partial charge in [-0.05, 0) is 26.2 Å². The van der Waals surface area contributed by atoms with E-state index in [1.807, 2.05) is 11.6 Å². The molecule has 2 heterocycles. The van der Waals surface area contributed by atoms with E-state index in [9.17, 15) is 14.7 Å². The average molecular weight is 289 g/mol. The van der Waals surface area contributed by atoms with E-state index in [0.717, 1.165) is 24.1 Å². The van der Waals surface area contributed by atoms with Crippen LogP contribution in [-0.4, -0.2) is 30.9 Å². The molecule has 3 rings (SSSR count). The van der Waals surface area contributed by atoms with Crippen LogP contribution in [0, 0.1) is 0 Å². The Hall–Kier alpha value is -2.57. The monoisotopic (exact) mass is 289 g/mol. The van der Waals surface area contributed by atoms with Crippen molar-refractivity contribution in [3.63, 3.8) is 0 Å². The van der Waals surface area contributed by atoms with Gasteiger partial charge < -0.3 is 15.2 Å². The second-order valence-corrected chi connectivity index (χ2v) is 5.01. The predicted octanol–water partition coefficient (Wildman–Crippen LogP) is 1.15. The summed E-state index contributed by atoms with van der Waals surface area (Å²) in [6.07, 6.45) is 3.68. The minimum absolute atomic E-state index is 0.432. The second-order valence-electron chi connectivity index (χ2n) is 5.01. The van der Waals surface area contributed by atoms with E-state index in [4.69, 9.17) is 5.11 Å². The van der Waals surface area contributed by atoms with Crippen molar-refractivity contribution in [3.05, 3.63) is 33.4 Å². The topological polar surface area (TPSA) is 108 Å². The minimum Gasteiger partial charge on any atom is -0.506 e. The summed E-state index contributed by atoms with van der Waals surface area (Å²) in [6.45, 7) is 2.70. The maximum absolute atomic E-state index is 11.9. The summed E-state index contributed by atoms with van der Waals surface area (Å²) in [5.74, 6) is -1.86. The highest BCUT2D eigenvalue weighted by atomic mass is 16.4. The van der Waals surface area contributed by atoms with Gasteiger partial charge in [-0.25, -0.2) is 4.79 Å². The molecule has 1 aliphatic carbocycles. The van der Waals surface area contributed by atoms with E-state index in [1.54, 1.807) is 6.20 Å². The molecule has 110 valence electrons. The van der Waals surface area contributed by atoms with Crippen LogP contribution in [0.15, 0.2) is 11.0 Å². The third kappa shape index (κ3) is 1.93. The molecule has 0 radical (unpaired) electrons. The van der Waals surface area contributed by atoms with Gasteiger partial charge in [-0.1, -0.05) is 0 Å². The molecule has 21 heavy (non-hydrogen) atoms. The van der Waals surface area contributed by atoms with Crippen molar-refractivity contribution in [2.45, 2.75) is 32.7 Å². The first-order valence-corrected chi connectivity index (χ1v) is 6.81. The van der Waals surface area contributed by atoms with E-state index >= 15 is 0 Å². The number of carboxylic acids is 1. The number of nitrogens with zero attached hydrogens (tertiary/aromatic N) is 2. The largest absolute Gasteiger partial charge is 0.506 e. The third-order valence-electron chi connectivity index (χ3n) is 3.86. The normalized spacial score (nSPS) is 13.4. The summed E-state index contributed by atoms with van der Waals surface area (Å²) in [4.78, 5) is 25.6. The standard InChI is InChI=1S/C14H15N3O4/c1-2-17-9-5-3-4-7-11(8(9)6-15-17)16-13(19)10(12(7)18)14(20)21/h6H,2-5H2,1H3,(H,20,21)(H2,16,18,19). The number of aromatic nitrogens is 3. The zero-order chi connectivity index (χ0) is 15.1. The van der Waals surface area contributed by atoms with Gasteiger partial charge in [-0.15, -0.1) is 0 Å². The number of fused-ring (bicyclic) bond motifs is 3. The zero-order valence-corrected chi connectivity index (χ0v) is 11.5. The van der Waals surface area contributed by atoms with Crippen LogP contribution in [0.25, 0.3) is 11.3 Å². The molecule has 0 spiro atoms. The van der Waals surface area contributed by atoms with Gasteiger partial charge in [0.15, 0.2) is 5.56 Å². The van der Waals surface area contributed by atoms with Crippen molar-refractivity contribution in [1.29, 1.82) is 0 Å². The summed E-state index contributed by atoms with van der Waals surface area (Å²) in [7, 11) is 0. The molecule has 0 saturated carbocycles. The molecule has 0 unspecified atom stereocenters. The molecule has 2 aromatic heterocycles. The summed E-state index contributed by atoms with van der Waals surface area (Å²) in [6, 6.07) is 0. The van der Waals surface area contributed by atoms with Crippen molar-refractivity contribution in [2.24, 2.45) is 0 Å². The van der Waals surface area contributed by atoms with Crippen molar-refractivity contribution >= 4 is 5.97 Å². The third-order valence-corrected chi connectivity index (χ3v) is 3.86. The number of carboxylic acid groups (broad SMARTS) is 1. The molecule has 0 saturated heterocycles. The fourth-order valence-corrected chi connectivity index (χ4v) is 2.89. The van der Waals surface area contributed by atoms with Crippen molar-refractivity contribution < 1.29 is 15.0 Å². The van der Waals surface area contributed by atoms with E-state index < -0.39 is 22.8 Å². The van der Waals surface area contributed by atoms with Gasteiger partial charge in [0.2, 0.25) is 0 Å². The summed E-state index contributed by atoms with van der Waals surface area (Å²) in [5.41, 5.74) is 1.31. The Morgan fingerprint density at radius 2 is 2.24 bits per heavy atom. The molecule has 1 aliphatic rings. The van der Waals surface area contributed by atoms with E-state index in [2.05, 4.69) is 10.1 Å². The van der Waals surface area contributed by atoms with Gasteiger partial charge in [0.1, 0.15) is 5.75 Å². The van der Waals surface area contributed by atoms with Crippen LogP contribution in [-0.2, 0) is 19.4 Å². The predicted molar refractivity (Wildman–Crippen MR) is 74.6 cm³/mol. The van der Waals surface area contributed by atoms with Gasteiger partial charge in [-0.3, -0.25) is 9.48 Å². The van der Waals surface area contributed by atoms with Gasteiger partial charge in [0.05, 0.1) is 11.9 Å². The molecule has 0 amide bonds. The molecule has 0 atom stereocenters. The number of carbonyl (C=O) groups is 1. The first-order chi connectivity index (χ1) is 10.0. The highest BCUT2D eigenvalue weighted by molar-refractivity contribution is 5.92. The van der Waals surface area contributed by atoms with Gasteiger partial charge in [-0.2, -0.15) is 5.10 Å². The highest BCUT2D eigenvalue weighted by Gasteiger charge is 2.26. The van der Waals surface area contributed by atoms with Crippen molar-refractivity contribution in [1.82, 2.24) is 14.8 Å². The van der Waals surface area contributed by atoms with Crippen LogP contribution in [0.4, 0.5) is 0 Å². The fraction of sp³-hybridized carbons (Fsp3) is 0.357. The van der Waals surface area contributed by atoms with E-state index in [1.165, 1.54) is 0 Å². The van der Waals surface area contributed by atoms with E-state index in [0.29, 0.717) is 24.2 Å². The number of pyridine rings is 1. The maximum Gasteiger partial charge on any atom is 0.345 e. The molecule has 2 aromatic rings. The Morgan fingerprint density at radius 1 is 1.48 bits per heavy atom. The fourth-order valence-electron chi connectivity index (χ4n) is 2.89. The van der Waals surface area contributed by atoms with Crippen LogP contribution >= 0.6 is 0 Å². The first-order valence-electron chi connectivity index (χ1n) is 6.81. The molecule has 0 aliphatic heterocycles. The van der Waals surface area contributed by atoms with Gasteiger partial charge >= 0.3 is 5.97 Å². The molecule has 0 aromatic carbocycles. The lowest BCUT2D eigenvalue weighted by molar-refractivity contribution is 0.0691. The average Bonchev–Trinajstić information content (AvgIpc) is 2.74. The summed E-state index contributed by atoms with van der Waals surface area (Å²) < 4.78 is 1.85. The molecule has 0 bridgehead atoms. The number of hydrogen-bond donors (Lipinski definition) is 3. The highest BCUT2D eigenvalue weighted by Crippen LogP contribution is 2.35. The molecule has 3 N–H and O–H groups in total. The van der Waals surface area contributed by atoms with Gasteiger partial charge in [0, 0.05) is 23.4 Å². The Kier molecular flexibility index (Phi) is 3.04. The number of aryl methyl sites for hydroxylation is 1. The van der Waals surface area contributed by atoms with Crippen LogP contribution in [0.5, 0.6) is 5.75 Å². The van der Waals surface area contributed by atoms with Crippen LogP contribution in [0.1, 0.15) is 35.0 Å². The molecular formula is C14H15N3O4. The Morgan fingerprint density at radius 3 is 2.90 bits per heavy atom. The summed E-state index contributed by atoms with van der Waals surface area (Å²) >= 11 is 0. The number of aromatic carboxylic acids is 1. The molecule has 7 heteroatoms. The molecular weight excluding hydrogens is 274 g/mol. The zero-order valence-electron chi connectivity index (χ0n) is 11.5. The quantitative estimate of drug-likeness (QED) is 0.768. The smallest absolute Gasteiger partial charge is 0.345 e. The van der Waals surface area contributed by atoms with Crippen molar-refractivity contribution in [2.75, 3.05) is 0 Å². The maximum atomic E-state index is 11.9. The Balaban J connectivity index is 2.32. The number of H-pyrrole nitrogens is 1. The lowest BCUT2D eigenvalue weighted by atomic mass is 10.0. The molecule has 0 fully saturated rings.